The lowest BCUT2D eigenvalue weighted by Crippen LogP contribution is -2.36. The summed E-state index contributed by atoms with van der Waals surface area (Å²) in [6, 6.07) is 5.73. The normalized spacial score (nSPS) is 20.5. The first-order valence-electron chi connectivity index (χ1n) is 6.78. The van der Waals surface area contributed by atoms with Gasteiger partial charge in [0.05, 0.1) is 6.54 Å². The number of benzene rings is 1. The van der Waals surface area contributed by atoms with Crippen LogP contribution in [-0.4, -0.2) is 17.9 Å². The molecule has 0 bridgehead atoms. The molecule has 0 atom stereocenters. The molecular weight excluding hydrogens is 226 g/mol. The molecule has 18 heavy (non-hydrogen) atoms. The highest BCUT2D eigenvalue weighted by molar-refractivity contribution is 5.97. The van der Waals surface area contributed by atoms with Crippen LogP contribution in [0.5, 0.6) is 5.75 Å². The van der Waals surface area contributed by atoms with Crippen molar-refractivity contribution in [2.24, 2.45) is 5.73 Å². The van der Waals surface area contributed by atoms with Gasteiger partial charge in [0.2, 0.25) is 0 Å². The molecule has 96 valence electrons. The summed E-state index contributed by atoms with van der Waals surface area (Å²) in [6.45, 7) is 0.0742. The van der Waals surface area contributed by atoms with Crippen LogP contribution in [0.3, 0.4) is 0 Å². The zero-order valence-corrected chi connectivity index (χ0v) is 10.6. The maximum Gasteiger partial charge on any atom is 0.176 e. The molecule has 3 heteroatoms. The van der Waals surface area contributed by atoms with E-state index in [0.29, 0.717) is 5.56 Å². The number of fused-ring (bicyclic) bond motifs is 1. The van der Waals surface area contributed by atoms with Crippen LogP contribution in [0.2, 0.25) is 0 Å². The van der Waals surface area contributed by atoms with Gasteiger partial charge in [0.15, 0.2) is 5.78 Å². The first-order chi connectivity index (χ1) is 8.72. The molecule has 1 fully saturated rings. The summed E-state index contributed by atoms with van der Waals surface area (Å²) in [5.41, 5.74) is 7.32. The number of Topliss-reactive ketones (excluding diaryl/α,β-unsaturated/α-hetero) is 1. The third kappa shape index (κ3) is 1.93. The van der Waals surface area contributed by atoms with Crippen LogP contribution in [-0.2, 0) is 6.42 Å². The first-order valence-corrected chi connectivity index (χ1v) is 6.78. The molecular formula is C15H19NO2. The highest BCUT2D eigenvalue weighted by Crippen LogP contribution is 2.43. The molecule has 1 aromatic carbocycles. The van der Waals surface area contributed by atoms with Gasteiger partial charge in [0.25, 0.3) is 0 Å². The molecule has 3 rings (SSSR count). The lowest BCUT2D eigenvalue weighted by Gasteiger charge is -2.32. The van der Waals surface area contributed by atoms with Crippen molar-refractivity contribution in [1.29, 1.82) is 0 Å². The zero-order valence-electron chi connectivity index (χ0n) is 10.6. The van der Waals surface area contributed by atoms with Crippen molar-refractivity contribution < 1.29 is 9.53 Å². The monoisotopic (exact) mass is 245 g/mol. The fourth-order valence-electron chi connectivity index (χ4n) is 3.20. The first kappa shape index (κ1) is 11.7. The predicted molar refractivity (Wildman–Crippen MR) is 70.0 cm³/mol. The van der Waals surface area contributed by atoms with Gasteiger partial charge in [-0.05, 0) is 49.4 Å². The van der Waals surface area contributed by atoms with Gasteiger partial charge in [0, 0.05) is 12.0 Å². The Morgan fingerprint density at radius 1 is 1.28 bits per heavy atom. The molecule has 1 heterocycles. The van der Waals surface area contributed by atoms with Crippen LogP contribution in [0, 0.1) is 0 Å². The van der Waals surface area contributed by atoms with Gasteiger partial charge < -0.3 is 10.5 Å². The van der Waals surface area contributed by atoms with E-state index < -0.39 is 0 Å². The van der Waals surface area contributed by atoms with Crippen LogP contribution >= 0.6 is 0 Å². The van der Waals surface area contributed by atoms with Gasteiger partial charge in [-0.1, -0.05) is 6.42 Å². The molecule has 1 saturated carbocycles. The third-order valence-corrected chi connectivity index (χ3v) is 4.17. The molecule has 0 unspecified atom stereocenters. The maximum absolute atomic E-state index is 11.6. The standard InChI is InChI=1S/C15H19NO2/c16-10-13(17)11-4-5-14-12(8-11)9-15(18-14)6-2-1-3-7-15/h4-5,8H,1-3,6-7,9-10,16H2. The van der Waals surface area contributed by atoms with Crippen molar-refractivity contribution in [3.05, 3.63) is 29.3 Å². The lowest BCUT2D eigenvalue weighted by atomic mass is 9.82. The van der Waals surface area contributed by atoms with Crippen LogP contribution < -0.4 is 10.5 Å². The third-order valence-electron chi connectivity index (χ3n) is 4.17. The average molecular weight is 245 g/mol. The molecule has 1 aliphatic carbocycles. The van der Waals surface area contributed by atoms with E-state index in [1.54, 1.807) is 0 Å². The summed E-state index contributed by atoms with van der Waals surface area (Å²) >= 11 is 0. The van der Waals surface area contributed by atoms with Crippen molar-refractivity contribution in [3.8, 4) is 5.75 Å². The fourth-order valence-corrected chi connectivity index (χ4v) is 3.20. The van der Waals surface area contributed by atoms with E-state index in [2.05, 4.69) is 0 Å². The van der Waals surface area contributed by atoms with E-state index in [-0.39, 0.29) is 17.9 Å². The van der Waals surface area contributed by atoms with Crippen LogP contribution in [0.15, 0.2) is 18.2 Å². The molecule has 1 spiro atoms. The molecule has 0 amide bonds. The number of hydrogen-bond acceptors (Lipinski definition) is 3. The molecule has 1 aromatic rings. The highest BCUT2D eigenvalue weighted by Gasteiger charge is 2.40. The number of hydrogen-bond donors (Lipinski definition) is 1. The lowest BCUT2D eigenvalue weighted by molar-refractivity contribution is 0.0529. The maximum atomic E-state index is 11.6. The minimum atomic E-state index is 0.00222. The Bertz CT molecular complexity index is 475. The minimum Gasteiger partial charge on any atom is -0.487 e. The van der Waals surface area contributed by atoms with E-state index in [0.717, 1.165) is 25.0 Å². The van der Waals surface area contributed by atoms with E-state index in [4.69, 9.17) is 10.5 Å². The number of carbonyl (C=O) groups excluding carboxylic acids is 1. The van der Waals surface area contributed by atoms with Gasteiger partial charge in [0.1, 0.15) is 11.4 Å². The zero-order chi connectivity index (χ0) is 12.6. The van der Waals surface area contributed by atoms with Crippen molar-refractivity contribution in [2.75, 3.05) is 6.54 Å². The number of rotatable bonds is 2. The molecule has 2 aliphatic rings. The number of carbonyl (C=O) groups is 1. The molecule has 0 saturated heterocycles. The Kier molecular flexibility index (Phi) is 2.86. The number of ketones is 1. The number of nitrogens with two attached hydrogens (primary N) is 1. The molecule has 1 aliphatic heterocycles. The van der Waals surface area contributed by atoms with Crippen molar-refractivity contribution in [3.63, 3.8) is 0 Å². The van der Waals surface area contributed by atoms with E-state index >= 15 is 0 Å². The average Bonchev–Trinajstić information content (AvgIpc) is 2.74. The molecule has 3 nitrogen and oxygen atoms in total. The van der Waals surface area contributed by atoms with E-state index in [1.165, 1.54) is 24.8 Å². The van der Waals surface area contributed by atoms with Gasteiger partial charge in [-0.15, -0.1) is 0 Å². The second-order valence-electron chi connectivity index (χ2n) is 5.47. The smallest absolute Gasteiger partial charge is 0.176 e. The van der Waals surface area contributed by atoms with Crippen molar-refractivity contribution in [1.82, 2.24) is 0 Å². The Balaban J connectivity index is 1.86. The minimum absolute atomic E-state index is 0.00222. The summed E-state index contributed by atoms with van der Waals surface area (Å²) in [4.78, 5) is 11.6. The summed E-state index contributed by atoms with van der Waals surface area (Å²) in [6.07, 6.45) is 7.06. The van der Waals surface area contributed by atoms with E-state index in [9.17, 15) is 4.79 Å². The molecule has 0 aromatic heterocycles. The summed E-state index contributed by atoms with van der Waals surface area (Å²) in [5.74, 6) is 0.966. The topological polar surface area (TPSA) is 52.3 Å². The Morgan fingerprint density at radius 3 is 2.78 bits per heavy atom. The van der Waals surface area contributed by atoms with Gasteiger partial charge in [-0.2, -0.15) is 0 Å². The SMILES string of the molecule is NCC(=O)c1ccc2c(c1)CC1(CCCCC1)O2. The fraction of sp³-hybridized carbons (Fsp3) is 0.533. The second kappa shape index (κ2) is 4.39. The quantitative estimate of drug-likeness (QED) is 0.814. The van der Waals surface area contributed by atoms with Crippen LogP contribution in [0.1, 0.15) is 48.0 Å². The molecule has 2 N–H and O–H groups in total. The van der Waals surface area contributed by atoms with Gasteiger partial charge in [-0.3, -0.25) is 4.79 Å². The highest BCUT2D eigenvalue weighted by atomic mass is 16.5. The second-order valence-corrected chi connectivity index (χ2v) is 5.47. The summed E-state index contributed by atoms with van der Waals surface area (Å²) in [7, 11) is 0. The van der Waals surface area contributed by atoms with Crippen molar-refractivity contribution >= 4 is 5.78 Å². The molecule has 0 radical (unpaired) electrons. The Morgan fingerprint density at radius 2 is 2.06 bits per heavy atom. The summed E-state index contributed by atoms with van der Waals surface area (Å²) < 4.78 is 6.16. The number of ether oxygens (including phenoxy) is 1. The largest absolute Gasteiger partial charge is 0.487 e. The van der Waals surface area contributed by atoms with Crippen LogP contribution in [0.4, 0.5) is 0 Å². The Labute approximate surface area is 107 Å². The van der Waals surface area contributed by atoms with Gasteiger partial charge in [-0.25, -0.2) is 0 Å². The van der Waals surface area contributed by atoms with E-state index in [1.807, 2.05) is 18.2 Å². The van der Waals surface area contributed by atoms with Crippen molar-refractivity contribution in [2.45, 2.75) is 44.1 Å². The summed E-state index contributed by atoms with van der Waals surface area (Å²) in [5, 5.41) is 0. The van der Waals surface area contributed by atoms with Crippen LogP contribution in [0.25, 0.3) is 0 Å². The predicted octanol–water partition coefficient (Wildman–Crippen LogP) is 2.47. The Hall–Kier alpha value is -1.35. The van der Waals surface area contributed by atoms with Gasteiger partial charge >= 0.3 is 0 Å².